The van der Waals surface area contributed by atoms with Crippen LogP contribution in [0.5, 0.6) is 0 Å². The van der Waals surface area contributed by atoms with E-state index in [1.54, 1.807) is 29.7 Å². The molecule has 0 aromatic carbocycles. The predicted molar refractivity (Wildman–Crippen MR) is 78.1 cm³/mol. The number of nitrogens with two attached hydrogens (primary N) is 1. The van der Waals surface area contributed by atoms with Gasteiger partial charge < -0.3 is 25.6 Å². The van der Waals surface area contributed by atoms with Crippen LogP contribution in [0.1, 0.15) is 30.9 Å². The number of aliphatic carboxylic acids is 1. The Labute approximate surface area is 128 Å². The van der Waals surface area contributed by atoms with Crippen LogP contribution in [0.15, 0.2) is 24.8 Å². The van der Waals surface area contributed by atoms with E-state index in [0.29, 0.717) is 37.7 Å². The lowest BCUT2D eigenvalue weighted by atomic mass is 10.1. The first-order valence-corrected chi connectivity index (χ1v) is 7.32. The molecule has 2 heterocycles. The fourth-order valence-electron chi connectivity index (χ4n) is 2.36. The Morgan fingerprint density at radius 2 is 1.77 bits per heavy atom. The van der Waals surface area contributed by atoms with Gasteiger partial charge >= 0.3 is 0 Å². The number of nitrogens with one attached hydrogen (secondary N) is 2. The minimum atomic E-state index is -1.09. The van der Waals surface area contributed by atoms with E-state index in [4.69, 9.17) is 5.73 Å². The summed E-state index contributed by atoms with van der Waals surface area (Å²) in [6.07, 6.45) is 8.72. The third-order valence-corrected chi connectivity index (χ3v) is 3.46. The van der Waals surface area contributed by atoms with Gasteiger partial charge in [-0.1, -0.05) is 6.42 Å². The van der Waals surface area contributed by atoms with Crippen molar-refractivity contribution in [1.82, 2.24) is 24.8 Å². The molecule has 2 rings (SSSR count). The van der Waals surface area contributed by atoms with E-state index in [0.717, 1.165) is 12.8 Å². The molecule has 1 atom stereocenters. The third-order valence-electron chi connectivity index (χ3n) is 3.46. The zero-order valence-electron chi connectivity index (χ0n) is 12.4. The molecule has 1 unspecified atom stereocenters. The SMILES string of the molecule is NCCCCC(C(=O)[O-])N(Cc1ncc[nH]1)Cc1ncc[nH]1. The van der Waals surface area contributed by atoms with Crippen molar-refractivity contribution < 1.29 is 9.90 Å². The van der Waals surface area contributed by atoms with Crippen LogP contribution in [0.3, 0.4) is 0 Å². The Bertz CT molecular complexity index is 503. The number of aromatic amines is 2. The summed E-state index contributed by atoms with van der Waals surface area (Å²) in [5, 5.41) is 11.5. The number of carboxylic acid groups (broad SMARTS) is 1. The number of hydrogen-bond acceptors (Lipinski definition) is 6. The molecule has 8 nitrogen and oxygen atoms in total. The van der Waals surface area contributed by atoms with Crippen molar-refractivity contribution in [2.24, 2.45) is 5.73 Å². The van der Waals surface area contributed by atoms with Crippen LogP contribution in [-0.4, -0.2) is 43.4 Å². The minimum Gasteiger partial charge on any atom is -0.548 e. The maximum absolute atomic E-state index is 11.5. The number of nitrogens with zero attached hydrogens (tertiary/aromatic N) is 3. The Balaban J connectivity index is 2.10. The highest BCUT2D eigenvalue weighted by Crippen LogP contribution is 2.14. The van der Waals surface area contributed by atoms with E-state index in [9.17, 15) is 9.90 Å². The summed E-state index contributed by atoms with van der Waals surface area (Å²) >= 11 is 0. The van der Waals surface area contributed by atoms with Crippen LogP contribution < -0.4 is 10.8 Å². The van der Waals surface area contributed by atoms with Crippen LogP contribution in [0.25, 0.3) is 0 Å². The van der Waals surface area contributed by atoms with Crippen molar-refractivity contribution in [3.8, 4) is 0 Å². The number of rotatable bonds is 10. The topological polar surface area (TPSA) is 127 Å². The Hall–Kier alpha value is -2.19. The Morgan fingerprint density at radius 1 is 1.18 bits per heavy atom. The molecular weight excluding hydrogens is 284 g/mol. The van der Waals surface area contributed by atoms with E-state index in [2.05, 4.69) is 19.9 Å². The molecule has 0 fully saturated rings. The molecule has 2 aromatic rings. The number of imidazole rings is 2. The first-order valence-electron chi connectivity index (χ1n) is 7.32. The molecule has 0 radical (unpaired) electrons. The largest absolute Gasteiger partial charge is 0.548 e. The zero-order chi connectivity index (χ0) is 15.8. The Kier molecular flexibility index (Phi) is 6.11. The second-order valence-electron chi connectivity index (χ2n) is 5.10. The number of H-pyrrole nitrogens is 2. The van der Waals surface area contributed by atoms with E-state index in [-0.39, 0.29) is 0 Å². The van der Waals surface area contributed by atoms with Crippen molar-refractivity contribution in [3.63, 3.8) is 0 Å². The van der Waals surface area contributed by atoms with E-state index in [1.165, 1.54) is 0 Å². The number of carboxylic acids is 1. The van der Waals surface area contributed by atoms with Crippen molar-refractivity contribution in [1.29, 1.82) is 0 Å². The van der Waals surface area contributed by atoms with Crippen molar-refractivity contribution in [2.45, 2.75) is 38.4 Å². The summed E-state index contributed by atoms with van der Waals surface area (Å²) < 4.78 is 0. The number of carbonyl (C=O) groups excluding carboxylic acids is 1. The first-order chi connectivity index (χ1) is 10.7. The van der Waals surface area contributed by atoms with Gasteiger partial charge in [0.15, 0.2) is 0 Å². The van der Waals surface area contributed by atoms with Gasteiger partial charge in [0.2, 0.25) is 0 Å². The fraction of sp³-hybridized carbons (Fsp3) is 0.500. The summed E-state index contributed by atoms with van der Waals surface area (Å²) in [4.78, 5) is 27.6. The lowest BCUT2D eigenvalue weighted by Gasteiger charge is -2.31. The highest BCUT2D eigenvalue weighted by atomic mass is 16.4. The average molecular weight is 305 g/mol. The second kappa shape index (κ2) is 8.30. The molecule has 0 amide bonds. The number of carbonyl (C=O) groups is 1. The predicted octanol–water partition coefficient (Wildman–Crippen LogP) is -0.617. The van der Waals surface area contributed by atoms with E-state index >= 15 is 0 Å². The van der Waals surface area contributed by atoms with Gasteiger partial charge in [-0.05, 0) is 19.4 Å². The van der Waals surface area contributed by atoms with Crippen LogP contribution in [0.2, 0.25) is 0 Å². The number of aromatic nitrogens is 4. The molecule has 8 heteroatoms. The molecule has 0 aliphatic heterocycles. The molecule has 0 spiro atoms. The van der Waals surface area contributed by atoms with E-state index < -0.39 is 12.0 Å². The lowest BCUT2D eigenvalue weighted by molar-refractivity contribution is -0.312. The summed E-state index contributed by atoms with van der Waals surface area (Å²) in [5.41, 5.74) is 5.48. The van der Waals surface area contributed by atoms with Crippen molar-refractivity contribution in [2.75, 3.05) is 6.54 Å². The van der Waals surface area contributed by atoms with E-state index in [1.807, 2.05) is 0 Å². The maximum atomic E-state index is 11.5. The van der Waals surface area contributed by atoms with Crippen molar-refractivity contribution >= 4 is 5.97 Å². The minimum absolute atomic E-state index is 0.384. The van der Waals surface area contributed by atoms with Crippen LogP contribution in [0.4, 0.5) is 0 Å². The summed E-state index contributed by atoms with van der Waals surface area (Å²) in [5.74, 6) is 0.323. The maximum Gasteiger partial charge on any atom is 0.120 e. The Morgan fingerprint density at radius 3 is 2.18 bits per heavy atom. The lowest BCUT2D eigenvalue weighted by Crippen LogP contribution is -2.47. The molecule has 0 aliphatic carbocycles. The molecule has 4 N–H and O–H groups in total. The van der Waals surface area contributed by atoms with Gasteiger partial charge in [-0.15, -0.1) is 0 Å². The van der Waals surface area contributed by atoms with Crippen LogP contribution in [-0.2, 0) is 17.9 Å². The second-order valence-corrected chi connectivity index (χ2v) is 5.10. The highest BCUT2D eigenvalue weighted by Gasteiger charge is 2.21. The smallest absolute Gasteiger partial charge is 0.120 e. The molecule has 0 aliphatic rings. The van der Waals surface area contributed by atoms with Gasteiger partial charge in [0, 0.05) is 24.8 Å². The van der Waals surface area contributed by atoms with Gasteiger partial charge in [0.1, 0.15) is 11.6 Å². The number of hydrogen-bond donors (Lipinski definition) is 3. The summed E-state index contributed by atoms with van der Waals surface area (Å²) in [6.45, 7) is 1.32. The average Bonchev–Trinajstić information content (AvgIpc) is 3.16. The molecule has 0 saturated carbocycles. The van der Waals surface area contributed by atoms with Gasteiger partial charge in [-0.25, -0.2) is 9.97 Å². The summed E-state index contributed by atoms with van der Waals surface area (Å²) in [7, 11) is 0. The summed E-state index contributed by atoms with van der Waals surface area (Å²) in [6, 6.07) is -0.707. The molecule has 2 aromatic heterocycles. The normalized spacial score (nSPS) is 12.6. The first kappa shape index (κ1) is 16.2. The van der Waals surface area contributed by atoms with Gasteiger partial charge in [-0.3, -0.25) is 4.90 Å². The van der Waals surface area contributed by atoms with Gasteiger partial charge in [0.05, 0.1) is 25.1 Å². The number of unbranched alkanes of at least 4 members (excludes halogenated alkanes) is 1. The van der Waals surface area contributed by atoms with Crippen molar-refractivity contribution in [3.05, 3.63) is 36.4 Å². The highest BCUT2D eigenvalue weighted by molar-refractivity contribution is 5.71. The quantitative estimate of drug-likeness (QED) is 0.502. The zero-order valence-corrected chi connectivity index (χ0v) is 12.4. The molecule has 0 saturated heterocycles. The molecular formula is C14H21N6O2-. The fourth-order valence-corrected chi connectivity index (χ4v) is 2.36. The van der Waals surface area contributed by atoms with Crippen LogP contribution in [0, 0.1) is 0 Å². The van der Waals surface area contributed by atoms with Gasteiger partial charge in [0.25, 0.3) is 0 Å². The monoisotopic (exact) mass is 305 g/mol. The molecule has 22 heavy (non-hydrogen) atoms. The van der Waals surface area contributed by atoms with Crippen LogP contribution >= 0.6 is 0 Å². The standard InChI is InChI=1S/C14H22N6O2/c15-4-2-1-3-11(14(21)22)20(9-12-16-5-6-17-12)10-13-18-7-8-19-13/h5-8,11H,1-4,9-10,15H2,(H,16,17)(H,18,19)(H,21,22)/p-1. The van der Waals surface area contributed by atoms with Gasteiger partial charge in [-0.2, -0.15) is 0 Å². The third kappa shape index (κ3) is 4.68. The molecule has 0 bridgehead atoms. The molecule has 120 valence electrons.